The SMILES string of the molecule is O=C(NCc1ccc(C(=O)NCc2ccco2)cc1)c1ccccc1. The van der Waals surface area contributed by atoms with Gasteiger partial charge in [-0.3, -0.25) is 9.59 Å². The van der Waals surface area contributed by atoms with E-state index in [4.69, 9.17) is 4.42 Å². The average molecular weight is 334 g/mol. The van der Waals surface area contributed by atoms with Gasteiger partial charge in [-0.2, -0.15) is 0 Å². The molecule has 1 aromatic heterocycles. The van der Waals surface area contributed by atoms with Gasteiger partial charge < -0.3 is 15.1 Å². The van der Waals surface area contributed by atoms with E-state index in [-0.39, 0.29) is 11.8 Å². The van der Waals surface area contributed by atoms with Crippen molar-refractivity contribution in [3.63, 3.8) is 0 Å². The molecule has 1 heterocycles. The summed E-state index contributed by atoms with van der Waals surface area (Å²) in [6.07, 6.45) is 1.57. The zero-order valence-corrected chi connectivity index (χ0v) is 13.6. The van der Waals surface area contributed by atoms with E-state index in [1.165, 1.54) is 0 Å². The lowest BCUT2D eigenvalue weighted by molar-refractivity contribution is 0.0940. The standard InChI is InChI=1S/C20H18N2O3/c23-19(16-5-2-1-3-6-16)21-13-15-8-10-17(11-9-15)20(24)22-14-18-7-4-12-25-18/h1-12H,13-14H2,(H,21,23)(H,22,24). The fourth-order valence-corrected chi connectivity index (χ4v) is 2.33. The van der Waals surface area contributed by atoms with Gasteiger partial charge in [-0.15, -0.1) is 0 Å². The number of carbonyl (C=O) groups is 2. The number of furan rings is 1. The van der Waals surface area contributed by atoms with E-state index in [1.807, 2.05) is 30.3 Å². The minimum absolute atomic E-state index is 0.124. The molecule has 0 saturated carbocycles. The summed E-state index contributed by atoms with van der Waals surface area (Å²) in [5, 5.41) is 5.65. The van der Waals surface area contributed by atoms with Crippen LogP contribution in [0.1, 0.15) is 32.0 Å². The quantitative estimate of drug-likeness (QED) is 0.727. The Hall–Kier alpha value is -3.34. The van der Waals surface area contributed by atoms with Crippen molar-refractivity contribution >= 4 is 11.8 Å². The molecular weight excluding hydrogens is 316 g/mol. The molecule has 0 atom stereocenters. The first kappa shape index (κ1) is 16.5. The highest BCUT2D eigenvalue weighted by atomic mass is 16.3. The molecular formula is C20H18N2O3. The second-order valence-electron chi connectivity index (χ2n) is 5.51. The van der Waals surface area contributed by atoms with Crippen molar-refractivity contribution in [3.8, 4) is 0 Å². The average Bonchev–Trinajstić information content (AvgIpc) is 3.19. The van der Waals surface area contributed by atoms with Crippen LogP contribution in [0, 0.1) is 0 Å². The summed E-state index contributed by atoms with van der Waals surface area (Å²) in [6.45, 7) is 0.753. The number of benzene rings is 2. The molecule has 0 unspecified atom stereocenters. The lowest BCUT2D eigenvalue weighted by atomic mass is 10.1. The monoisotopic (exact) mass is 334 g/mol. The van der Waals surface area contributed by atoms with Gasteiger partial charge >= 0.3 is 0 Å². The van der Waals surface area contributed by atoms with Crippen LogP contribution in [0.25, 0.3) is 0 Å². The van der Waals surface area contributed by atoms with Crippen molar-refractivity contribution in [2.75, 3.05) is 0 Å². The van der Waals surface area contributed by atoms with E-state index in [1.54, 1.807) is 42.7 Å². The van der Waals surface area contributed by atoms with E-state index in [2.05, 4.69) is 10.6 Å². The van der Waals surface area contributed by atoms with Gasteiger partial charge in [0.05, 0.1) is 12.8 Å². The van der Waals surface area contributed by atoms with Gasteiger partial charge in [0.15, 0.2) is 0 Å². The van der Waals surface area contributed by atoms with Crippen LogP contribution in [-0.4, -0.2) is 11.8 Å². The maximum atomic E-state index is 12.1. The van der Waals surface area contributed by atoms with Crippen LogP contribution in [0.5, 0.6) is 0 Å². The minimum atomic E-state index is -0.170. The summed E-state index contributed by atoms with van der Waals surface area (Å²) in [7, 11) is 0. The Morgan fingerprint density at radius 1 is 0.720 bits per heavy atom. The summed E-state index contributed by atoms with van der Waals surface area (Å²) in [5.41, 5.74) is 2.10. The second kappa shape index (κ2) is 7.97. The molecule has 0 aliphatic heterocycles. The molecule has 0 bridgehead atoms. The Morgan fingerprint density at radius 2 is 1.36 bits per heavy atom. The number of nitrogens with one attached hydrogen (secondary N) is 2. The lowest BCUT2D eigenvalue weighted by Crippen LogP contribution is -2.23. The summed E-state index contributed by atoms with van der Waals surface area (Å²) in [5.74, 6) is 0.408. The Morgan fingerprint density at radius 3 is 2.00 bits per heavy atom. The summed E-state index contributed by atoms with van der Waals surface area (Å²) < 4.78 is 5.17. The van der Waals surface area contributed by atoms with Gasteiger partial charge in [0.25, 0.3) is 11.8 Å². The van der Waals surface area contributed by atoms with Crippen LogP contribution in [0.15, 0.2) is 77.4 Å². The fourth-order valence-electron chi connectivity index (χ4n) is 2.33. The zero-order valence-electron chi connectivity index (χ0n) is 13.6. The highest BCUT2D eigenvalue weighted by Gasteiger charge is 2.07. The first-order chi connectivity index (χ1) is 12.2. The van der Waals surface area contributed by atoms with E-state index in [9.17, 15) is 9.59 Å². The summed E-state index contributed by atoms with van der Waals surface area (Å²) in [6, 6.07) is 19.8. The van der Waals surface area contributed by atoms with E-state index >= 15 is 0 Å². The normalized spacial score (nSPS) is 10.2. The van der Waals surface area contributed by atoms with Gasteiger partial charge in [-0.05, 0) is 42.0 Å². The molecule has 0 fully saturated rings. The van der Waals surface area contributed by atoms with E-state index in [0.29, 0.717) is 30.0 Å². The molecule has 5 heteroatoms. The number of rotatable bonds is 6. The number of amides is 2. The van der Waals surface area contributed by atoms with Crippen LogP contribution in [0.4, 0.5) is 0 Å². The number of hydrogen-bond acceptors (Lipinski definition) is 3. The maximum absolute atomic E-state index is 12.1. The Labute approximate surface area is 145 Å². The minimum Gasteiger partial charge on any atom is -0.467 e. The van der Waals surface area contributed by atoms with Gasteiger partial charge in [-0.1, -0.05) is 30.3 Å². The first-order valence-corrected chi connectivity index (χ1v) is 7.95. The van der Waals surface area contributed by atoms with Crippen LogP contribution in [0.3, 0.4) is 0 Å². The third-order valence-corrected chi connectivity index (χ3v) is 3.71. The van der Waals surface area contributed by atoms with Crippen LogP contribution in [-0.2, 0) is 13.1 Å². The van der Waals surface area contributed by atoms with Crippen molar-refractivity contribution in [3.05, 3.63) is 95.4 Å². The van der Waals surface area contributed by atoms with Crippen LogP contribution >= 0.6 is 0 Å². The highest BCUT2D eigenvalue weighted by molar-refractivity contribution is 5.94. The topological polar surface area (TPSA) is 71.3 Å². The predicted molar refractivity (Wildman–Crippen MR) is 93.9 cm³/mol. The largest absolute Gasteiger partial charge is 0.467 e. The molecule has 0 radical (unpaired) electrons. The van der Waals surface area contributed by atoms with Gasteiger partial charge in [0, 0.05) is 17.7 Å². The van der Waals surface area contributed by atoms with Gasteiger partial charge in [0.1, 0.15) is 5.76 Å². The molecule has 3 aromatic rings. The highest BCUT2D eigenvalue weighted by Crippen LogP contribution is 2.06. The zero-order chi connectivity index (χ0) is 17.5. The summed E-state index contributed by atoms with van der Waals surface area (Å²) in [4.78, 5) is 24.1. The number of carbonyl (C=O) groups excluding carboxylic acids is 2. The molecule has 25 heavy (non-hydrogen) atoms. The molecule has 2 amide bonds. The Bertz CT molecular complexity index is 825. The van der Waals surface area contributed by atoms with Gasteiger partial charge in [0.2, 0.25) is 0 Å². The molecule has 5 nitrogen and oxygen atoms in total. The molecule has 0 aliphatic rings. The Kier molecular flexibility index (Phi) is 5.26. The predicted octanol–water partition coefficient (Wildman–Crippen LogP) is 3.14. The molecule has 126 valence electrons. The van der Waals surface area contributed by atoms with Crippen LogP contribution < -0.4 is 10.6 Å². The molecule has 0 spiro atoms. The third-order valence-electron chi connectivity index (χ3n) is 3.71. The summed E-state index contributed by atoms with van der Waals surface area (Å²) >= 11 is 0. The lowest BCUT2D eigenvalue weighted by Gasteiger charge is -2.07. The third kappa shape index (κ3) is 4.57. The van der Waals surface area contributed by atoms with Crippen molar-refractivity contribution in [1.82, 2.24) is 10.6 Å². The molecule has 3 rings (SSSR count). The fraction of sp³-hybridized carbons (Fsp3) is 0.100. The molecule has 0 aliphatic carbocycles. The second-order valence-corrected chi connectivity index (χ2v) is 5.51. The van der Waals surface area contributed by atoms with Crippen molar-refractivity contribution in [1.29, 1.82) is 0 Å². The van der Waals surface area contributed by atoms with E-state index < -0.39 is 0 Å². The maximum Gasteiger partial charge on any atom is 0.251 e. The Balaban J connectivity index is 1.51. The van der Waals surface area contributed by atoms with Crippen molar-refractivity contribution in [2.24, 2.45) is 0 Å². The molecule has 0 saturated heterocycles. The van der Waals surface area contributed by atoms with Crippen LogP contribution in [0.2, 0.25) is 0 Å². The van der Waals surface area contributed by atoms with Crippen molar-refractivity contribution < 1.29 is 14.0 Å². The smallest absolute Gasteiger partial charge is 0.251 e. The molecule has 2 aromatic carbocycles. The number of hydrogen-bond donors (Lipinski definition) is 2. The van der Waals surface area contributed by atoms with Crippen molar-refractivity contribution in [2.45, 2.75) is 13.1 Å². The first-order valence-electron chi connectivity index (χ1n) is 7.95. The van der Waals surface area contributed by atoms with E-state index in [0.717, 1.165) is 5.56 Å². The molecule has 2 N–H and O–H groups in total. The van der Waals surface area contributed by atoms with Gasteiger partial charge in [-0.25, -0.2) is 0 Å².